The molecule has 1 N–H and O–H groups in total. The highest BCUT2D eigenvalue weighted by molar-refractivity contribution is 7.92. The van der Waals surface area contributed by atoms with Crippen LogP contribution in [-0.4, -0.2) is 56.8 Å². The van der Waals surface area contributed by atoms with E-state index in [0.717, 1.165) is 37.5 Å². The van der Waals surface area contributed by atoms with Crippen LogP contribution < -0.4 is 19.1 Å². The topological polar surface area (TPSA) is 105 Å². The first kappa shape index (κ1) is 27.8. The molecular weight excluding hydrogens is 506 g/mol. The molecular formula is C28H37N3O6S. The van der Waals surface area contributed by atoms with Gasteiger partial charge in [-0.1, -0.05) is 49.6 Å². The summed E-state index contributed by atoms with van der Waals surface area (Å²) in [5.74, 6) is 0.701. The van der Waals surface area contributed by atoms with E-state index in [2.05, 4.69) is 5.32 Å². The van der Waals surface area contributed by atoms with Gasteiger partial charge in [0.2, 0.25) is 28.6 Å². The molecule has 0 unspecified atom stereocenters. The maximum atomic E-state index is 13.4. The van der Waals surface area contributed by atoms with E-state index in [4.69, 9.17) is 9.47 Å². The number of sulfonamides is 1. The largest absolute Gasteiger partial charge is 0.454 e. The van der Waals surface area contributed by atoms with E-state index in [0.29, 0.717) is 30.2 Å². The van der Waals surface area contributed by atoms with E-state index in [1.54, 1.807) is 30.0 Å². The van der Waals surface area contributed by atoms with Crippen molar-refractivity contribution < 1.29 is 27.5 Å². The molecule has 2 aromatic carbocycles. The molecule has 1 aliphatic heterocycles. The Kier molecular flexibility index (Phi) is 9.14. The van der Waals surface area contributed by atoms with Crippen molar-refractivity contribution in [3.05, 3.63) is 54.1 Å². The van der Waals surface area contributed by atoms with Crippen LogP contribution in [0.15, 0.2) is 48.5 Å². The van der Waals surface area contributed by atoms with Crippen LogP contribution >= 0.6 is 0 Å². The zero-order valence-corrected chi connectivity index (χ0v) is 22.9. The minimum Gasteiger partial charge on any atom is -0.454 e. The summed E-state index contributed by atoms with van der Waals surface area (Å²) >= 11 is 0. The number of carbonyl (C=O) groups is 2. The third-order valence-corrected chi connectivity index (χ3v) is 8.30. The van der Waals surface area contributed by atoms with E-state index in [1.165, 1.54) is 10.7 Å². The Hall–Kier alpha value is -3.27. The summed E-state index contributed by atoms with van der Waals surface area (Å²) in [6, 6.07) is 14.0. The smallest absolute Gasteiger partial charge is 0.242 e. The Morgan fingerprint density at radius 3 is 2.45 bits per heavy atom. The molecule has 9 nitrogen and oxygen atoms in total. The Balaban J connectivity index is 1.43. The van der Waals surface area contributed by atoms with E-state index in [1.807, 2.05) is 30.3 Å². The molecule has 1 saturated carbocycles. The fourth-order valence-electron chi connectivity index (χ4n) is 4.98. The lowest BCUT2D eigenvalue weighted by Gasteiger charge is -2.31. The van der Waals surface area contributed by atoms with Crippen LogP contribution in [0.5, 0.6) is 11.5 Å². The first-order valence-corrected chi connectivity index (χ1v) is 15.1. The average Bonchev–Trinajstić information content (AvgIpc) is 3.37. The van der Waals surface area contributed by atoms with E-state index in [-0.39, 0.29) is 37.6 Å². The monoisotopic (exact) mass is 543 g/mol. The molecule has 0 radical (unpaired) electrons. The first-order chi connectivity index (χ1) is 18.2. The lowest BCUT2D eigenvalue weighted by molar-refractivity contribution is -0.141. The molecule has 0 aromatic heterocycles. The summed E-state index contributed by atoms with van der Waals surface area (Å²) < 4.78 is 37.1. The summed E-state index contributed by atoms with van der Waals surface area (Å²) in [5, 5.41) is 3.13. The molecule has 0 spiro atoms. The Morgan fingerprint density at radius 1 is 1.03 bits per heavy atom. The number of amides is 2. The molecule has 0 bridgehead atoms. The van der Waals surface area contributed by atoms with Gasteiger partial charge in [-0.3, -0.25) is 13.9 Å². The summed E-state index contributed by atoms with van der Waals surface area (Å²) in [5.41, 5.74) is 1.38. The van der Waals surface area contributed by atoms with Crippen LogP contribution in [0.25, 0.3) is 0 Å². The Labute approximate surface area is 225 Å². The van der Waals surface area contributed by atoms with Crippen LogP contribution in [-0.2, 0) is 26.2 Å². The van der Waals surface area contributed by atoms with Crippen molar-refractivity contribution >= 4 is 27.5 Å². The van der Waals surface area contributed by atoms with Gasteiger partial charge in [0.25, 0.3) is 0 Å². The molecule has 10 heteroatoms. The number of hydrogen-bond acceptors (Lipinski definition) is 6. The van der Waals surface area contributed by atoms with Crippen LogP contribution in [0, 0.1) is 0 Å². The summed E-state index contributed by atoms with van der Waals surface area (Å²) in [6.07, 6.45) is 6.86. The van der Waals surface area contributed by atoms with Gasteiger partial charge < -0.3 is 19.7 Å². The quantitative estimate of drug-likeness (QED) is 0.462. The third kappa shape index (κ3) is 7.18. The second-order valence-corrected chi connectivity index (χ2v) is 11.9. The molecule has 2 amide bonds. The van der Waals surface area contributed by atoms with Crippen molar-refractivity contribution in [3.63, 3.8) is 0 Å². The standard InChI is InChI=1S/C28H37N3O6S/c1-21(28(33)29-23-12-7-4-8-13-23)30(19-22-10-5-3-6-11-22)27(32)14-9-17-31(38(2,34)35)24-15-16-25-26(18-24)37-20-36-25/h3,5-6,10-11,15-16,18,21,23H,4,7-9,12-14,17,19-20H2,1-2H3,(H,29,33)/t21-/m1/s1. The number of nitrogens with one attached hydrogen (secondary N) is 1. The number of benzene rings is 2. The van der Waals surface area contributed by atoms with Crippen molar-refractivity contribution in [3.8, 4) is 11.5 Å². The number of fused-ring (bicyclic) bond motifs is 1. The minimum absolute atomic E-state index is 0.0932. The molecule has 2 aromatic rings. The summed E-state index contributed by atoms with van der Waals surface area (Å²) in [6.45, 7) is 2.27. The molecule has 4 rings (SSSR count). The first-order valence-electron chi connectivity index (χ1n) is 13.2. The molecule has 1 atom stereocenters. The number of rotatable bonds is 11. The lowest BCUT2D eigenvalue weighted by Crippen LogP contribution is -2.50. The van der Waals surface area contributed by atoms with Gasteiger partial charge >= 0.3 is 0 Å². The lowest BCUT2D eigenvalue weighted by atomic mass is 9.95. The molecule has 1 fully saturated rings. The second kappa shape index (κ2) is 12.5. The van der Waals surface area contributed by atoms with Gasteiger partial charge in [0.05, 0.1) is 11.9 Å². The SMILES string of the molecule is C[C@H](C(=O)NC1CCCCC1)N(Cc1ccccc1)C(=O)CCCN(c1ccc2c(c1)OCO2)S(C)(=O)=O. The van der Waals surface area contributed by atoms with Gasteiger partial charge in [-0.05, 0) is 43.9 Å². The van der Waals surface area contributed by atoms with Crippen molar-refractivity contribution in [2.75, 3.05) is 23.9 Å². The number of ether oxygens (including phenoxy) is 2. The molecule has 1 heterocycles. The highest BCUT2D eigenvalue weighted by atomic mass is 32.2. The fraction of sp³-hybridized carbons (Fsp3) is 0.500. The zero-order chi connectivity index (χ0) is 27.1. The van der Waals surface area contributed by atoms with Gasteiger partial charge in [0, 0.05) is 31.6 Å². The van der Waals surface area contributed by atoms with Crippen molar-refractivity contribution in [2.45, 2.75) is 70.5 Å². The highest BCUT2D eigenvalue weighted by Gasteiger charge is 2.28. The van der Waals surface area contributed by atoms with E-state index >= 15 is 0 Å². The van der Waals surface area contributed by atoms with Crippen molar-refractivity contribution in [2.24, 2.45) is 0 Å². The van der Waals surface area contributed by atoms with Gasteiger partial charge in [0.15, 0.2) is 11.5 Å². The Bertz CT molecular complexity index is 1210. The number of anilines is 1. The minimum atomic E-state index is -3.60. The van der Waals surface area contributed by atoms with Crippen LogP contribution in [0.4, 0.5) is 5.69 Å². The van der Waals surface area contributed by atoms with Gasteiger partial charge in [-0.15, -0.1) is 0 Å². The zero-order valence-electron chi connectivity index (χ0n) is 22.1. The maximum absolute atomic E-state index is 13.4. The van der Waals surface area contributed by atoms with Crippen molar-refractivity contribution in [1.82, 2.24) is 10.2 Å². The molecule has 0 saturated heterocycles. The number of carbonyl (C=O) groups excluding carboxylic acids is 2. The maximum Gasteiger partial charge on any atom is 0.242 e. The summed E-state index contributed by atoms with van der Waals surface area (Å²) in [7, 11) is -3.60. The molecule has 206 valence electrons. The second-order valence-electron chi connectivity index (χ2n) is 10.0. The van der Waals surface area contributed by atoms with Crippen LogP contribution in [0.1, 0.15) is 57.4 Å². The molecule has 1 aliphatic carbocycles. The van der Waals surface area contributed by atoms with E-state index in [9.17, 15) is 18.0 Å². The summed E-state index contributed by atoms with van der Waals surface area (Å²) in [4.78, 5) is 28.2. The number of nitrogens with zero attached hydrogens (tertiary/aromatic N) is 2. The molecule has 38 heavy (non-hydrogen) atoms. The molecule has 2 aliphatic rings. The van der Waals surface area contributed by atoms with Gasteiger partial charge in [-0.2, -0.15) is 0 Å². The number of hydrogen-bond donors (Lipinski definition) is 1. The van der Waals surface area contributed by atoms with Crippen LogP contribution in [0.3, 0.4) is 0 Å². The Morgan fingerprint density at radius 2 is 1.74 bits per heavy atom. The predicted octanol–water partition coefficient (Wildman–Crippen LogP) is 3.83. The highest BCUT2D eigenvalue weighted by Crippen LogP contribution is 2.36. The fourth-order valence-corrected chi connectivity index (χ4v) is 5.93. The predicted molar refractivity (Wildman–Crippen MR) is 145 cm³/mol. The average molecular weight is 544 g/mol. The van der Waals surface area contributed by atoms with Crippen LogP contribution in [0.2, 0.25) is 0 Å². The third-order valence-electron chi connectivity index (χ3n) is 7.11. The normalized spacial score (nSPS) is 16.1. The van der Waals surface area contributed by atoms with Gasteiger partial charge in [0.1, 0.15) is 6.04 Å². The van der Waals surface area contributed by atoms with Gasteiger partial charge in [-0.25, -0.2) is 8.42 Å². The van der Waals surface area contributed by atoms with Crippen molar-refractivity contribution in [1.29, 1.82) is 0 Å². The van der Waals surface area contributed by atoms with E-state index < -0.39 is 16.1 Å².